The van der Waals surface area contributed by atoms with E-state index in [0.717, 1.165) is 39.8 Å². The Morgan fingerprint density at radius 1 is 0.760 bits per heavy atom. The lowest BCUT2D eigenvalue weighted by molar-refractivity contribution is 0.414. The summed E-state index contributed by atoms with van der Waals surface area (Å²) in [5.41, 5.74) is 4.02. The van der Waals surface area contributed by atoms with Crippen molar-refractivity contribution in [3.8, 4) is 34.0 Å². The van der Waals surface area contributed by atoms with Crippen LogP contribution in [0, 0.1) is 0 Å². The molecule has 0 radical (unpaired) electrons. The van der Waals surface area contributed by atoms with Crippen molar-refractivity contribution < 1.29 is 9.47 Å². The van der Waals surface area contributed by atoms with Gasteiger partial charge in [0.05, 0.1) is 25.6 Å². The summed E-state index contributed by atoms with van der Waals surface area (Å²) in [6.07, 6.45) is 0. The van der Waals surface area contributed by atoms with Crippen molar-refractivity contribution in [2.24, 2.45) is 0 Å². The van der Waals surface area contributed by atoms with E-state index >= 15 is 0 Å². The average Bonchev–Trinajstić information content (AvgIpc) is 3.07. The highest BCUT2D eigenvalue weighted by Crippen LogP contribution is 2.34. The quantitative estimate of drug-likeness (QED) is 0.724. The molecule has 3 rings (SSSR count). The topological polar surface area (TPSA) is 47.1 Å². The average molecular weight is 336 g/mol. The van der Waals surface area contributed by atoms with E-state index in [-0.39, 0.29) is 5.41 Å². The molecule has 4 nitrogen and oxygen atoms in total. The summed E-state index contributed by atoms with van der Waals surface area (Å²) in [6.45, 7) is 6.46. The fourth-order valence-corrected chi connectivity index (χ4v) is 2.65. The Bertz CT molecular complexity index is 776. The molecule has 0 amide bonds. The lowest BCUT2D eigenvalue weighted by atomic mass is 9.96. The third-order valence-corrected chi connectivity index (χ3v) is 4.16. The van der Waals surface area contributed by atoms with Gasteiger partial charge in [0.1, 0.15) is 17.3 Å². The Balaban J connectivity index is 2.12. The highest BCUT2D eigenvalue weighted by molar-refractivity contribution is 5.79. The van der Waals surface area contributed by atoms with Crippen LogP contribution in [0.15, 0.2) is 48.5 Å². The predicted molar refractivity (Wildman–Crippen MR) is 101 cm³/mol. The van der Waals surface area contributed by atoms with E-state index in [1.165, 1.54) is 0 Å². The molecule has 1 aromatic heterocycles. The van der Waals surface area contributed by atoms with E-state index in [1.807, 2.05) is 48.5 Å². The zero-order chi connectivity index (χ0) is 18.0. The van der Waals surface area contributed by atoms with Gasteiger partial charge >= 0.3 is 0 Å². The third kappa shape index (κ3) is 3.53. The molecule has 2 aromatic carbocycles. The summed E-state index contributed by atoms with van der Waals surface area (Å²) in [6, 6.07) is 16.0. The van der Waals surface area contributed by atoms with Gasteiger partial charge in [0.15, 0.2) is 0 Å². The summed E-state index contributed by atoms with van der Waals surface area (Å²) < 4.78 is 10.5. The second kappa shape index (κ2) is 6.63. The maximum atomic E-state index is 5.27. The highest BCUT2D eigenvalue weighted by atomic mass is 16.5. The molecule has 0 bridgehead atoms. The molecule has 0 saturated carbocycles. The van der Waals surface area contributed by atoms with Crippen LogP contribution < -0.4 is 9.47 Å². The molecule has 0 aliphatic heterocycles. The van der Waals surface area contributed by atoms with Crippen molar-refractivity contribution in [3.63, 3.8) is 0 Å². The number of hydrogen-bond acceptors (Lipinski definition) is 3. The number of nitrogens with one attached hydrogen (secondary N) is 1. The van der Waals surface area contributed by atoms with Crippen LogP contribution in [0.3, 0.4) is 0 Å². The minimum Gasteiger partial charge on any atom is -0.497 e. The zero-order valence-corrected chi connectivity index (χ0v) is 15.4. The molecule has 0 fully saturated rings. The van der Waals surface area contributed by atoms with Gasteiger partial charge in [-0.3, -0.25) is 0 Å². The summed E-state index contributed by atoms with van der Waals surface area (Å²) in [4.78, 5) is 8.42. The second-order valence-corrected chi connectivity index (χ2v) is 7.02. The van der Waals surface area contributed by atoms with Gasteiger partial charge in [-0.05, 0) is 48.5 Å². The van der Waals surface area contributed by atoms with E-state index in [4.69, 9.17) is 14.5 Å². The molecule has 130 valence electrons. The molecule has 25 heavy (non-hydrogen) atoms. The molecular weight excluding hydrogens is 312 g/mol. The molecule has 0 saturated heterocycles. The van der Waals surface area contributed by atoms with Crippen molar-refractivity contribution in [2.75, 3.05) is 14.2 Å². The van der Waals surface area contributed by atoms with E-state index in [2.05, 4.69) is 25.8 Å². The standard InChI is InChI=1S/C21H24N2O2/c1-21(2,3)20-22-18(14-6-10-16(24-4)11-7-14)19(23-20)15-8-12-17(25-5)13-9-15/h6-13H,1-5H3,(H,22,23). The SMILES string of the molecule is COc1ccc(-c2nc(C(C)(C)C)[nH]c2-c2ccc(OC)cc2)cc1. The Morgan fingerprint density at radius 3 is 1.68 bits per heavy atom. The smallest absolute Gasteiger partial charge is 0.118 e. The minimum absolute atomic E-state index is 0.0636. The number of aromatic nitrogens is 2. The molecule has 0 aliphatic rings. The van der Waals surface area contributed by atoms with Gasteiger partial charge in [-0.25, -0.2) is 4.98 Å². The molecule has 0 aliphatic carbocycles. The number of hydrogen-bond donors (Lipinski definition) is 1. The maximum Gasteiger partial charge on any atom is 0.118 e. The number of imidazole rings is 1. The fourth-order valence-electron chi connectivity index (χ4n) is 2.65. The van der Waals surface area contributed by atoms with Crippen LogP contribution in [0.25, 0.3) is 22.5 Å². The number of aromatic amines is 1. The van der Waals surface area contributed by atoms with Crippen molar-refractivity contribution in [2.45, 2.75) is 26.2 Å². The van der Waals surface area contributed by atoms with E-state index in [0.29, 0.717) is 0 Å². The van der Waals surface area contributed by atoms with E-state index in [1.54, 1.807) is 14.2 Å². The van der Waals surface area contributed by atoms with Crippen LogP contribution in [0.1, 0.15) is 26.6 Å². The molecule has 1 N–H and O–H groups in total. The summed E-state index contributed by atoms with van der Waals surface area (Å²) >= 11 is 0. The van der Waals surface area contributed by atoms with Crippen LogP contribution in [-0.2, 0) is 5.41 Å². The number of H-pyrrole nitrogens is 1. The lowest BCUT2D eigenvalue weighted by Gasteiger charge is -2.14. The summed E-state index contributed by atoms with van der Waals surface area (Å²) in [5, 5.41) is 0. The largest absolute Gasteiger partial charge is 0.497 e. The van der Waals surface area contributed by atoms with Crippen molar-refractivity contribution in [1.82, 2.24) is 9.97 Å². The normalized spacial score (nSPS) is 11.4. The van der Waals surface area contributed by atoms with Gasteiger partial charge in [0, 0.05) is 16.5 Å². The molecule has 0 unspecified atom stereocenters. The summed E-state index contributed by atoms with van der Waals surface area (Å²) in [5.74, 6) is 2.63. The fraction of sp³-hybridized carbons (Fsp3) is 0.286. The number of nitrogens with zero attached hydrogens (tertiary/aromatic N) is 1. The van der Waals surface area contributed by atoms with Gasteiger partial charge in [-0.1, -0.05) is 20.8 Å². The van der Waals surface area contributed by atoms with Crippen LogP contribution in [0.4, 0.5) is 0 Å². The Morgan fingerprint density at radius 2 is 1.24 bits per heavy atom. The molecule has 4 heteroatoms. The molecule has 0 spiro atoms. The maximum absolute atomic E-state index is 5.27. The second-order valence-electron chi connectivity index (χ2n) is 7.02. The first-order valence-electron chi connectivity index (χ1n) is 8.31. The molecule has 3 aromatic rings. The van der Waals surface area contributed by atoms with E-state index in [9.17, 15) is 0 Å². The van der Waals surface area contributed by atoms with Crippen LogP contribution in [0.2, 0.25) is 0 Å². The summed E-state index contributed by atoms with van der Waals surface area (Å²) in [7, 11) is 3.34. The van der Waals surface area contributed by atoms with Crippen molar-refractivity contribution in [3.05, 3.63) is 54.4 Å². The van der Waals surface area contributed by atoms with Gasteiger partial charge < -0.3 is 14.5 Å². The highest BCUT2D eigenvalue weighted by Gasteiger charge is 2.22. The van der Waals surface area contributed by atoms with Crippen LogP contribution in [-0.4, -0.2) is 24.2 Å². The first-order valence-corrected chi connectivity index (χ1v) is 8.31. The van der Waals surface area contributed by atoms with Gasteiger partial charge in [-0.2, -0.15) is 0 Å². The van der Waals surface area contributed by atoms with Gasteiger partial charge in [0.2, 0.25) is 0 Å². The monoisotopic (exact) mass is 336 g/mol. The number of ether oxygens (including phenoxy) is 2. The number of rotatable bonds is 4. The van der Waals surface area contributed by atoms with Gasteiger partial charge in [0.25, 0.3) is 0 Å². The minimum atomic E-state index is -0.0636. The van der Waals surface area contributed by atoms with Crippen molar-refractivity contribution in [1.29, 1.82) is 0 Å². The number of methoxy groups -OCH3 is 2. The van der Waals surface area contributed by atoms with Crippen molar-refractivity contribution >= 4 is 0 Å². The first kappa shape index (κ1) is 17.1. The third-order valence-electron chi connectivity index (χ3n) is 4.16. The Hall–Kier alpha value is -2.75. The van der Waals surface area contributed by atoms with E-state index < -0.39 is 0 Å². The Kier molecular flexibility index (Phi) is 4.53. The lowest BCUT2D eigenvalue weighted by Crippen LogP contribution is -2.13. The zero-order valence-electron chi connectivity index (χ0n) is 15.4. The van der Waals surface area contributed by atoms with Crippen LogP contribution in [0.5, 0.6) is 11.5 Å². The number of benzene rings is 2. The molecule has 1 heterocycles. The predicted octanol–water partition coefficient (Wildman–Crippen LogP) is 5.06. The molecule has 0 atom stereocenters. The van der Waals surface area contributed by atoms with Gasteiger partial charge in [-0.15, -0.1) is 0 Å². The Labute approximate surface area is 148 Å². The molecular formula is C21H24N2O2. The first-order chi connectivity index (χ1) is 11.9. The van der Waals surface area contributed by atoms with Crippen LogP contribution >= 0.6 is 0 Å².